The normalized spacial score (nSPS) is 11.4. The Hall–Kier alpha value is -2.76. The molecular weight excluding hydrogens is 430 g/mol. The van der Waals surface area contributed by atoms with Crippen LogP contribution in [0.5, 0.6) is 0 Å². The van der Waals surface area contributed by atoms with E-state index < -0.39 is 27.8 Å². The molecule has 0 unspecified atom stereocenters. The lowest BCUT2D eigenvalue weighted by Crippen LogP contribution is -2.30. The Kier molecular flexibility index (Phi) is 7.34. The van der Waals surface area contributed by atoms with Crippen LogP contribution in [0.15, 0.2) is 29.2 Å². The van der Waals surface area contributed by atoms with Gasteiger partial charge in [-0.25, -0.2) is 13.2 Å². The summed E-state index contributed by atoms with van der Waals surface area (Å²) in [5.41, 5.74) is 5.91. The van der Waals surface area contributed by atoms with E-state index >= 15 is 0 Å². The molecule has 0 aliphatic carbocycles. The van der Waals surface area contributed by atoms with Gasteiger partial charge in [0.2, 0.25) is 10.0 Å². The second kappa shape index (κ2) is 9.37. The number of amides is 2. The molecule has 0 atom stereocenters. The van der Waals surface area contributed by atoms with E-state index in [1.807, 2.05) is 0 Å². The van der Waals surface area contributed by atoms with E-state index in [2.05, 4.69) is 10.1 Å². The van der Waals surface area contributed by atoms with E-state index in [9.17, 15) is 22.8 Å². The second-order valence-corrected chi connectivity index (χ2v) is 9.14. The summed E-state index contributed by atoms with van der Waals surface area (Å²) in [6.45, 7) is 5.68. The van der Waals surface area contributed by atoms with Gasteiger partial charge in [0.25, 0.3) is 11.8 Å². The summed E-state index contributed by atoms with van der Waals surface area (Å²) in [6.07, 6.45) is 0. The molecule has 2 aromatic rings. The van der Waals surface area contributed by atoms with Gasteiger partial charge in [0.1, 0.15) is 9.88 Å². The van der Waals surface area contributed by atoms with E-state index in [1.54, 1.807) is 13.8 Å². The summed E-state index contributed by atoms with van der Waals surface area (Å²) in [7, 11) is -2.44. The van der Waals surface area contributed by atoms with E-state index in [-0.39, 0.29) is 25.9 Å². The van der Waals surface area contributed by atoms with Gasteiger partial charge in [0.15, 0.2) is 0 Å². The summed E-state index contributed by atoms with van der Waals surface area (Å²) in [4.78, 5) is 36.5. The first-order valence-electron chi connectivity index (χ1n) is 9.01. The number of carbonyl (C=O) groups is 3. The number of hydrogen-bond acceptors (Lipinski definition) is 7. The second-order valence-electron chi connectivity index (χ2n) is 6.18. The van der Waals surface area contributed by atoms with Crippen molar-refractivity contribution in [2.45, 2.75) is 25.7 Å². The molecule has 0 aliphatic rings. The highest BCUT2D eigenvalue weighted by atomic mass is 32.2. The lowest BCUT2D eigenvalue weighted by atomic mass is 10.1. The molecule has 0 spiro atoms. The largest absolute Gasteiger partial charge is 0.465 e. The number of nitrogens with two attached hydrogens (primary N) is 1. The van der Waals surface area contributed by atoms with Crippen molar-refractivity contribution >= 4 is 44.1 Å². The number of nitrogens with zero attached hydrogens (tertiary/aromatic N) is 1. The van der Waals surface area contributed by atoms with Crippen LogP contribution < -0.4 is 11.1 Å². The Labute approximate surface area is 178 Å². The molecule has 0 saturated carbocycles. The molecule has 0 saturated heterocycles. The summed E-state index contributed by atoms with van der Waals surface area (Å²) >= 11 is 0.878. The number of methoxy groups -OCH3 is 1. The van der Waals surface area contributed by atoms with Crippen molar-refractivity contribution in [3.8, 4) is 0 Å². The Morgan fingerprint density at radius 3 is 2.17 bits per heavy atom. The van der Waals surface area contributed by atoms with Crippen molar-refractivity contribution in [3.63, 3.8) is 0 Å². The molecule has 1 heterocycles. The fourth-order valence-electron chi connectivity index (χ4n) is 2.85. The van der Waals surface area contributed by atoms with Gasteiger partial charge in [0, 0.05) is 18.7 Å². The fourth-order valence-corrected chi connectivity index (χ4v) is 5.44. The fraction of sp³-hybridized carbons (Fsp3) is 0.316. The maximum absolute atomic E-state index is 12.6. The molecule has 30 heavy (non-hydrogen) atoms. The van der Waals surface area contributed by atoms with Crippen LogP contribution in [0.2, 0.25) is 0 Å². The zero-order chi connectivity index (χ0) is 22.6. The highest BCUT2D eigenvalue weighted by molar-refractivity contribution is 7.89. The Morgan fingerprint density at radius 1 is 1.13 bits per heavy atom. The average molecular weight is 454 g/mol. The molecule has 2 amide bonds. The van der Waals surface area contributed by atoms with E-state index in [0.29, 0.717) is 18.7 Å². The molecule has 0 aliphatic heterocycles. The maximum Gasteiger partial charge on any atom is 0.348 e. The molecule has 3 N–H and O–H groups in total. The van der Waals surface area contributed by atoms with Gasteiger partial charge < -0.3 is 15.8 Å². The summed E-state index contributed by atoms with van der Waals surface area (Å²) < 4.78 is 31.1. The minimum atomic E-state index is -3.64. The van der Waals surface area contributed by atoms with Gasteiger partial charge in [0.05, 0.1) is 17.6 Å². The number of esters is 1. The molecule has 1 aromatic carbocycles. The number of rotatable bonds is 8. The maximum atomic E-state index is 12.6. The minimum absolute atomic E-state index is 0.0227. The van der Waals surface area contributed by atoms with Gasteiger partial charge in [-0.3, -0.25) is 9.59 Å². The molecule has 11 heteroatoms. The van der Waals surface area contributed by atoms with Crippen molar-refractivity contribution in [1.82, 2.24) is 4.31 Å². The molecule has 162 valence electrons. The van der Waals surface area contributed by atoms with Gasteiger partial charge in [-0.1, -0.05) is 13.8 Å². The van der Waals surface area contributed by atoms with Crippen LogP contribution in [0.25, 0.3) is 0 Å². The summed E-state index contributed by atoms with van der Waals surface area (Å²) in [5.74, 6) is -2.02. The van der Waals surface area contributed by atoms with Crippen LogP contribution in [-0.4, -0.2) is 50.7 Å². The molecule has 9 nitrogen and oxygen atoms in total. The minimum Gasteiger partial charge on any atom is -0.465 e. The summed E-state index contributed by atoms with van der Waals surface area (Å²) in [5, 5.41) is 2.68. The predicted molar refractivity (Wildman–Crippen MR) is 113 cm³/mol. The van der Waals surface area contributed by atoms with Gasteiger partial charge >= 0.3 is 5.97 Å². The highest BCUT2D eigenvalue weighted by Crippen LogP contribution is 2.33. The summed E-state index contributed by atoms with van der Waals surface area (Å²) in [6, 6.07) is 5.43. The molecule has 1 aromatic heterocycles. The van der Waals surface area contributed by atoms with E-state index in [0.717, 1.165) is 11.3 Å². The number of carbonyl (C=O) groups excluding carboxylic acids is 3. The quantitative estimate of drug-likeness (QED) is 0.588. The smallest absolute Gasteiger partial charge is 0.348 e. The first-order valence-corrected chi connectivity index (χ1v) is 11.3. The van der Waals surface area contributed by atoms with Gasteiger partial charge in [-0.15, -0.1) is 11.3 Å². The van der Waals surface area contributed by atoms with Crippen LogP contribution in [0.4, 0.5) is 5.00 Å². The zero-order valence-electron chi connectivity index (χ0n) is 17.0. The highest BCUT2D eigenvalue weighted by Gasteiger charge is 2.26. The number of anilines is 1. The molecule has 0 bridgehead atoms. The van der Waals surface area contributed by atoms with Crippen LogP contribution in [0, 0.1) is 6.92 Å². The molecular formula is C19H23N3O6S2. The lowest BCUT2D eigenvalue weighted by molar-refractivity contribution is 0.0605. The van der Waals surface area contributed by atoms with E-state index in [4.69, 9.17) is 5.73 Å². The topological polar surface area (TPSA) is 136 Å². The van der Waals surface area contributed by atoms with Gasteiger partial charge in [-0.05, 0) is 36.8 Å². The standard InChI is InChI=1S/C19H23N3O6S2/c1-5-22(6-2)30(26,27)13-9-7-12(8-10-13)17(24)21-18-14(16(20)23)11(3)15(29-18)19(25)28-4/h7-10H,5-6H2,1-4H3,(H2,20,23)(H,21,24). The lowest BCUT2D eigenvalue weighted by Gasteiger charge is -2.18. The first-order chi connectivity index (χ1) is 14.1. The number of primary amides is 1. The SMILES string of the molecule is CCN(CC)S(=O)(=O)c1ccc(C(=O)Nc2sc(C(=O)OC)c(C)c2C(N)=O)cc1. The van der Waals surface area contributed by atoms with Crippen LogP contribution >= 0.6 is 11.3 Å². The van der Waals surface area contributed by atoms with Crippen LogP contribution in [0.1, 0.15) is 49.8 Å². The van der Waals surface area contributed by atoms with Crippen molar-refractivity contribution < 1.29 is 27.5 Å². The average Bonchev–Trinajstić information content (AvgIpc) is 3.04. The number of sulfonamides is 1. The van der Waals surface area contributed by atoms with Crippen LogP contribution in [0.3, 0.4) is 0 Å². The monoisotopic (exact) mass is 453 g/mol. The third kappa shape index (κ3) is 4.53. The molecule has 0 radical (unpaired) electrons. The van der Waals surface area contributed by atoms with Crippen molar-refractivity contribution in [3.05, 3.63) is 45.8 Å². The van der Waals surface area contributed by atoms with Gasteiger partial charge in [-0.2, -0.15) is 4.31 Å². The third-order valence-corrected chi connectivity index (χ3v) is 7.70. The van der Waals surface area contributed by atoms with E-state index in [1.165, 1.54) is 42.6 Å². The zero-order valence-corrected chi connectivity index (χ0v) is 18.6. The first kappa shape index (κ1) is 23.5. The van der Waals surface area contributed by atoms with Crippen molar-refractivity contribution in [2.24, 2.45) is 5.73 Å². The van der Waals surface area contributed by atoms with Crippen molar-refractivity contribution in [1.29, 1.82) is 0 Å². The van der Waals surface area contributed by atoms with Crippen LogP contribution in [-0.2, 0) is 14.8 Å². The number of hydrogen-bond donors (Lipinski definition) is 2. The number of nitrogens with one attached hydrogen (secondary N) is 1. The number of benzene rings is 1. The Bertz CT molecular complexity index is 1070. The molecule has 2 rings (SSSR count). The van der Waals surface area contributed by atoms with Crippen molar-refractivity contribution in [2.75, 3.05) is 25.5 Å². The molecule has 0 fully saturated rings. The Morgan fingerprint density at radius 2 is 1.70 bits per heavy atom. The number of ether oxygens (including phenoxy) is 1. The third-order valence-electron chi connectivity index (χ3n) is 4.45. The predicted octanol–water partition coefficient (Wildman–Crippen LogP) is 2.22. The Balaban J connectivity index is 2.33. The number of thiophene rings is 1.